The lowest BCUT2D eigenvalue weighted by Gasteiger charge is -2.13. The Balaban J connectivity index is 1.19. The molecule has 0 radical (unpaired) electrons. The normalized spacial score (nSPS) is 25.2. The van der Waals surface area contributed by atoms with E-state index in [1.54, 1.807) is 18.2 Å². The van der Waals surface area contributed by atoms with Crippen LogP contribution in [-0.2, 0) is 14.4 Å². The van der Waals surface area contributed by atoms with Crippen LogP contribution in [0.4, 0.5) is 10.1 Å². The number of nitrogens with one attached hydrogen (secondary N) is 1. The minimum atomic E-state index is -0.427. The molecule has 1 aliphatic heterocycles. The van der Waals surface area contributed by atoms with Gasteiger partial charge in [-0.15, -0.1) is 0 Å². The Hall–Kier alpha value is -3.52. The van der Waals surface area contributed by atoms with Crippen molar-refractivity contribution in [2.24, 2.45) is 28.8 Å². The van der Waals surface area contributed by atoms with Crippen molar-refractivity contribution in [1.82, 2.24) is 5.01 Å². The molecule has 2 fully saturated rings. The Morgan fingerprint density at radius 1 is 1.12 bits per heavy atom. The predicted molar refractivity (Wildman–Crippen MR) is 119 cm³/mol. The van der Waals surface area contributed by atoms with Crippen molar-refractivity contribution in [3.05, 3.63) is 71.0 Å². The second-order valence-corrected chi connectivity index (χ2v) is 8.67. The van der Waals surface area contributed by atoms with Crippen molar-refractivity contribution in [3.8, 4) is 5.75 Å². The van der Waals surface area contributed by atoms with Crippen LogP contribution in [0, 0.1) is 29.5 Å². The maximum Gasteiger partial charge on any atom is 0.262 e. The molecule has 1 saturated carbocycles. The Bertz CT molecular complexity index is 1170. The number of benzene rings is 2. The maximum absolute atomic E-state index is 12.9. The fourth-order valence-electron chi connectivity index (χ4n) is 4.71. The van der Waals surface area contributed by atoms with E-state index in [-0.39, 0.29) is 52.9 Å². The zero-order chi connectivity index (χ0) is 23.1. The third-order valence-electron chi connectivity index (χ3n) is 6.21. The molecule has 4 atom stereocenters. The summed E-state index contributed by atoms with van der Waals surface area (Å²) in [4.78, 5) is 37.4. The lowest BCUT2D eigenvalue weighted by Crippen LogP contribution is -2.28. The van der Waals surface area contributed by atoms with Gasteiger partial charge in [-0.25, -0.2) is 4.39 Å². The molecule has 3 amide bonds. The van der Waals surface area contributed by atoms with Crippen LogP contribution in [0.1, 0.15) is 12.0 Å². The van der Waals surface area contributed by atoms with E-state index in [0.717, 1.165) is 11.4 Å². The van der Waals surface area contributed by atoms with Gasteiger partial charge in [0.2, 0.25) is 0 Å². The van der Waals surface area contributed by atoms with Gasteiger partial charge in [-0.05, 0) is 66.3 Å². The maximum atomic E-state index is 12.9. The SMILES string of the molecule is O=C(COc1ccc(C=NN2C(=O)[C@@H]3[C@H](C2=O)[C@H]2C=C[C@H]3C2)cc1Cl)Nc1ccc(F)cc1. The van der Waals surface area contributed by atoms with Gasteiger partial charge in [0.05, 0.1) is 23.1 Å². The third kappa shape index (κ3) is 4.02. The highest BCUT2D eigenvalue weighted by Gasteiger charge is 2.59. The van der Waals surface area contributed by atoms with Crippen LogP contribution in [0.2, 0.25) is 5.02 Å². The number of nitrogens with zero attached hydrogens (tertiary/aromatic N) is 2. The summed E-state index contributed by atoms with van der Waals surface area (Å²) < 4.78 is 18.4. The number of rotatable bonds is 6. The number of hydrogen-bond donors (Lipinski definition) is 1. The summed E-state index contributed by atoms with van der Waals surface area (Å²) in [5.41, 5.74) is 1.02. The molecule has 3 aliphatic rings. The van der Waals surface area contributed by atoms with Gasteiger partial charge in [-0.3, -0.25) is 14.4 Å². The second kappa shape index (κ2) is 8.44. The van der Waals surface area contributed by atoms with Crippen molar-refractivity contribution in [2.45, 2.75) is 6.42 Å². The molecule has 7 nitrogen and oxygen atoms in total. The standard InChI is InChI=1S/C24H19ClFN3O4/c25-18-9-13(1-8-19(18)33-12-20(30)28-17-6-4-16(26)5-7-17)11-27-29-23(31)21-14-2-3-15(10-14)22(21)24(29)32/h1-9,11,14-15,21-22H,10,12H2,(H,28,30)/t14-,15-,21-,22+/m0/s1. The van der Waals surface area contributed by atoms with Gasteiger partial charge < -0.3 is 10.1 Å². The highest BCUT2D eigenvalue weighted by Crippen LogP contribution is 2.52. The number of hydrogen-bond acceptors (Lipinski definition) is 5. The minimum Gasteiger partial charge on any atom is -0.482 e. The molecule has 9 heteroatoms. The van der Waals surface area contributed by atoms with Gasteiger partial charge in [0.25, 0.3) is 17.7 Å². The van der Waals surface area contributed by atoms with Gasteiger partial charge in [0, 0.05) is 5.69 Å². The number of amides is 3. The average Bonchev–Trinajstić information content (AvgIpc) is 3.47. The summed E-state index contributed by atoms with van der Waals surface area (Å²) in [5.74, 6) is -1.39. The summed E-state index contributed by atoms with van der Waals surface area (Å²) >= 11 is 6.25. The first-order chi connectivity index (χ1) is 15.9. The molecule has 2 bridgehead atoms. The van der Waals surface area contributed by atoms with Crippen LogP contribution < -0.4 is 10.1 Å². The number of ether oxygens (including phenoxy) is 1. The van der Waals surface area contributed by atoms with Gasteiger partial charge in [-0.1, -0.05) is 23.8 Å². The molecule has 2 aromatic carbocycles. The van der Waals surface area contributed by atoms with E-state index < -0.39 is 11.7 Å². The van der Waals surface area contributed by atoms with Crippen LogP contribution in [0.3, 0.4) is 0 Å². The number of imide groups is 1. The first-order valence-electron chi connectivity index (χ1n) is 10.5. The van der Waals surface area contributed by atoms with Crippen LogP contribution in [0.25, 0.3) is 0 Å². The first kappa shape index (κ1) is 21.3. The van der Waals surface area contributed by atoms with Gasteiger partial charge in [0.15, 0.2) is 6.61 Å². The van der Waals surface area contributed by atoms with E-state index in [0.29, 0.717) is 11.3 Å². The molecule has 0 spiro atoms. The molecule has 5 rings (SSSR count). The number of carbonyl (C=O) groups excluding carboxylic acids is 3. The van der Waals surface area contributed by atoms with Crippen LogP contribution in [0.15, 0.2) is 59.7 Å². The molecular formula is C24H19ClFN3O4. The molecule has 2 aliphatic carbocycles. The number of allylic oxidation sites excluding steroid dienone is 2. The molecule has 1 N–H and O–H groups in total. The zero-order valence-corrected chi connectivity index (χ0v) is 18.0. The topological polar surface area (TPSA) is 88.1 Å². The predicted octanol–water partition coefficient (Wildman–Crippen LogP) is 3.64. The Morgan fingerprint density at radius 3 is 2.42 bits per heavy atom. The van der Waals surface area contributed by atoms with Crippen molar-refractivity contribution in [3.63, 3.8) is 0 Å². The zero-order valence-electron chi connectivity index (χ0n) is 17.3. The van der Waals surface area contributed by atoms with Crippen LogP contribution in [0.5, 0.6) is 5.75 Å². The van der Waals surface area contributed by atoms with Crippen molar-refractivity contribution in [2.75, 3.05) is 11.9 Å². The Labute approximate surface area is 193 Å². The smallest absolute Gasteiger partial charge is 0.262 e. The van der Waals surface area contributed by atoms with Gasteiger partial charge >= 0.3 is 0 Å². The van der Waals surface area contributed by atoms with Crippen LogP contribution >= 0.6 is 11.6 Å². The summed E-state index contributed by atoms with van der Waals surface area (Å²) in [6.07, 6.45) is 6.33. The average molecular weight is 468 g/mol. The fraction of sp³-hybridized carbons (Fsp3) is 0.250. The molecule has 0 aromatic heterocycles. The first-order valence-corrected chi connectivity index (χ1v) is 10.9. The highest BCUT2D eigenvalue weighted by atomic mass is 35.5. The monoisotopic (exact) mass is 467 g/mol. The van der Waals surface area contributed by atoms with E-state index in [1.807, 2.05) is 12.2 Å². The fourth-order valence-corrected chi connectivity index (χ4v) is 4.96. The van der Waals surface area contributed by atoms with Crippen molar-refractivity contribution < 1.29 is 23.5 Å². The number of carbonyl (C=O) groups is 3. The van der Waals surface area contributed by atoms with E-state index in [4.69, 9.17) is 16.3 Å². The number of fused-ring (bicyclic) bond motifs is 5. The summed E-state index contributed by atoms with van der Waals surface area (Å²) in [5, 5.41) is 7.93. The Kier molecular flexibility index (Phi) is 5.46. The summed E-state index contributed by atoms with van der Waals surface area (Å²) in [6, 6.07) is 10.2. The number of anilines is 1. The lowest BCUT2D eigenvalue weighted by atomic mass is 9.85. The lowest BCUT2D eigenvalue weighted by molar-refractivity contribution is -0.140. The van der Waals surface area contributed by atoms with Gasteiger partial charge in [0.1, 0.15) is 11.6 Å². The third-order valence-corrected chi connectivity index (χ3v) is 6.51. The quantitative estimate of drug-likeness (QED) is 0.399. The largest absolute Gasteiger partial charge is 0.482 e. The molecule has 33 heavy (non-hydrogen) atoms. The summed E-state index contributed by atoms with van der Waals surface area (Å²) in [7, 11) is 0. The van der Waals surface area contributed by atoms with Crippen molar-refractivity contribution in [1.29, 1.82) is 0 Å². The van der Waals surface area contributed by atoms with E-state index >= 15 is 0 Å². The molecule has 2 aromatic rings. The molecule has 1 saturated heterocycles. The number of hydrazone groups is 1. The minimum absolute atomic E-state index is 0.128. The Morgan fingerprint density at radius 2 is 1.79 bits per heavy atom. The molecule has 1 heterocycles. The van der Waals surface area contributed by atoms with E-state index in [9.17, 15) is 18.8 Å². The van der Waals surface area contributed by atoms with Crippen LogP contribution in [-0.4, -0.2) is 35.6 Å². The molecule has 168 valence electrons. The molecular weight excluding hydrogens is 449 g/mol. The summed E-state index contributed by atoms with van der Waals surface area (Å²) in [6.45, 7) is -0.291. The van der Waals surface area contributed by atoms with E-state index in [1.165, 1.54) is 30.5 Å². The van der Waals surface area contributed by atoms with Crippen molar-refractivity contribution >= 4 is 41.2 Å². The molecule has 0 unspecified atom stereocenters. The second-order valence-electron chi connectivity index (χ2n) is 8.27. The van der Waals surface area contributed by atoms with Gasteiger partial charge in [-0.2, -0.15) is 10.1 Å². The number of halogens is 2. The van der Waals surface area contributed by atoms with E-state index in [2.05, 4.69) is 10.4 Å². The highest BCUT2D eigenvalue weighted by molar-refractivity contribution is 6.32.